The molecule has 0 aromatic heterocycles. The third-order valence-electron chi connectivity index (χ3n) is 7.55. The average Bonchev–Trinajstić information content (AvgIpc) is 3.47. The molecule has 0 unspecified atom stereocenters. The highest BCUT2D eigenvalue weighted by Crippen LogP contribution is 2.49. The summed E-state index contributed by atoms with van der Waals surface area (Å²) < 4.78 is 13.0. The van der Waals surface area contributed by atoms with E-state index in [2.05, 4.69) is 94.7 Å². The molecule has 4 aromatic rings. The van der Waals surface area contributed by atoms with E-state index in [9.17, 15) is 0 Å². The molecule has 3 atom stereocenters. The molecule has 1 heterocycles. The van der Waals surface area contributed by atoms with Gasteiger partial charge in [-0.1, -0.05) is 72.3 Å². The number of benzene rings is 4. The summed E-state index contributed by atoms with van der Waals surface area (Å²) >= 11 is 8.60. The van der Waals surface area contributed by atoms with E-state index in [1.54, 1.807) is 0 Å². The molecular formula is C34H30ClIN2O2. The van der Waals surface area contributed by atoms with Gasteiger partial charge in [0.05, 0.1) is 21.9 Å². The number of hydrogen-bond donors (Lipinski definition) is 1. The monoisotopic (exact) mass is 660 g/mol. The van der Waals surface area contributed by atoms with Crippen molar-refractivity contribution in [3.63, 3.8) is 0 Å². The summed E-state index contributed by atoms with van der Waals surface area (Å²) in [6.45, 7) is 2.88. The van der Waals surface area contributed by atoms with E-state index in [1.807, 2.05) is 43.5 Å². The lowest BCUT2D eigenvalue weighted by atomic mass is 9.77. The van der Waals surface area contributed by atoms with Crippen molar-refractivity contribution < 1.29 is 9.47 Å². The van der Waals surface area contributed by atoms with Crippen LogP contribution < -0.4 is 14.8 Å². The SMILES string of the molecule is CCOc1cc(C=Nc2ccc([C@@H]3Nc4ccccc4[C@H]4C=CC[C@@H]43)cc2)cc(I)c1OCc1ccccc1Cl. The van der Waals surface area contributed by atoms with Crippen molar-refractivity contribution in [3.8, 4) is 11.5 Å². The van der Waals surface area contributed by atoms with Crippen LogP contribution in [0.5, 0.6) is 11.5 Å². The Morgan fingerprint density at radius 2 is 1.80 bits per heavy atom. The van der Waals surface area contributed by atoms with Crippen molar-refractivity contribution in [1.29, 1.82) is 0 Å². The molecule has 0 saturated carbocycles. The zero-order valence-corrected chi connectivity index (χ0v) is 25.1. The predicted octanol–water partition coefficient (Wildman–Crippen LogP) is 9.50. The molecule has 1 aliphatic carbocycles. The van der Waals surface area contributed by atoms with Crippen LogP contribution in [0.2, 0.25) is 5.02 Å². The number of halogens is 2. The lowest BCUT2D eigenvalue weighted by molar-refractivity contribution is 0.267. The fraction of sp³-hybridized carbons (Fsp3) is 0.206. The highest BCUT2D eigenvalue weighted by molar-refractivity contribution is 14.1. The summed E-state index contributed by atoms with van der Waals surface area (Å²) in [7, 11) is 0. The molecule has 0 saturated heterocycles. The largest absolute Gasteiger partial charge is 0.490 e. The minimum atomic E-state index is 0.279. The number of hydrogen-bond acceptors (Lipinski definition) is 4. The molecule has 40 heavy (non-hydrogen) atoms. The van der Waals surface area contributed by atoms with Gasteiger partial charge in [-0.15, -0.1) is 0 Å². The second kappa shape index (κ2) is 12.1. The van der Waals surface area contributed by atoms with Crippen molar-refractivity contribution in [1.82, 2.24) is 0 Å². The Labute approximate surface area is 254 Å². The number of fused-ring (bicyclic) bond motifs is 3. The van der Waals surface area contributed by atoms with Gasteiger partial charge in [-0.2, -0.15) is 0 Å². The number of para-hydroxylation sites is 1. The Balaban J connectivity index is 1.18. The fourth-order valence-corrected chi connectivity index (χ4v) is 6.59. The van der Waals surface area contributed by atoms with Crippen LogP contribution in [0.15, 0.2) is 102 Å². The number of nitrogens with zero attached hydrogens (tertiary/aromatic N) is 1. The summed E-state index contributed by atoms with van der Waals surface area (Å²) in [5.74, 6) is 2.41. The topological polar surface area (TPSA) is 42.8 Å². The summed E-state index contributed by atoms with van der Waals surface area (Å²) in [5.41, 5.74) is 6.73. The van der Waals surface area contributed by atoms with Crippen molar-refractivity contribution in [2.45, 2.75) is 31.9 Å². The third-order valence-corrected chi connectivity index (χ3v) is 8.72. The molecule has 0 radical (unpaired) electrons. The molecule has 202 valence electrons. The van der Waals surface area contributed by atoms with Crippen LogP contribution in [-0.2, 0) is 6.61 Å². The first-order valence-corrected chi connectivity index (χ1v) is 15.0. The zero-order chi connectivity index (χ0) is 27.5. The highest BCUT2D eigenvalue weighted by atomic mass is 127. The first-order chi connectivity index (χ1) is 19.6. The van der Waals surface area contributed by atoms with Crippen molar-refractivity contribution >= 4 is 51.8 Å². The molecule has 0 amide bonds. The zero-order valence-electron chi connectivity index (χ0n) is 22.2. The van der Waals surface area contributed by atoms with Gasteiger partial charge in [0.2, 0.25) is 0 Å². The summed E-state index contributed by atoms with van der Waals surface area (Å²) in [4.78, 5) is 4.77. The van der Waals surface area contributed by atoms with Crippen LogP contribution in [0.4, 0.5) is 11.4 Å². The number of ether oxygens (including phenoxy) is 2. The molecule has 2 aliphatic rings. The number of rotatable bonds is 8. The molecule has 1 N–H and O–H groups in total. The van der Waals surface area contributed by atoms with E-state index in [0.29, 0.717) is 41.6 Å². The molecule has 4 nitrogen and oxygen atoms in total. The van der Waals surface area contributed by atoms with Gasteiger partial charge in [-0.25, -0.2) is 0 Å². The number of allylic oxidation sites excluding steroid dienone is 2. The Kier molecular flexibility index (Phi) is 8.12. The van der Waals surface area contributed by atoms with Gasteiger partial charge < -0.3 is 14.8 Å². The Hall–Kier alpha value is -3.29. The molecule has 0 spiro atoms. The highest BCUT2D eigenvalue weighted by Gasteiger charge is 2.37. The lowest BCUT2D eigenvalue weighted by Gasteiger charge is -2.37. The van der Waals surface area contributed by atoms with E-state index in [0.717, 1.165) is 26.8 Å². The van der Waals surface area contributed by atoms with E-state index in [4.69, 9.17) is 26.1 Å². The maximum atomic E-state index is 6.32. The Bertz CT molecular complexity index is 1570. The Morgan fingerprint density at radius 1 is 1.00 bits per heavy atom. The van der Waals surface area contributed by atoms with Gasteiger partial charge >= 0.3 is 0 Å². The van der Waals surface area contributed by atoms with Gasteiger partial charge in [0.15, 0.2) is 11.5 Å². The van der Waals surface area contributed by atoms with Crippen molar-refractivity contribution in [2.75, 3.05) is 11.9 Å². The predicted molar refractivity (Wildman–Crippen MR) is 173 cm³/mol. The van der Waals surface area contributed by atoms with Gasteiger partial charge in [0.1, 0.15) is 6.61 Å². The van der Waals surface area contributed by atoms with E-state index < -0.39 is 0 Å². The lowest BCUT2D eigenvalue weighted by Crippen LogP contribution is -2.28. The Morgan fingerprint density at radius 3 is 2.62 bits per heavy atom. The second-order valence-corrected chi connectivity index (χ2v) is 11.6. The smallest absolute Gasteiger partial charge is 0.175 e. The minimum absolute atomic E-state index is 0.279. The molecule has 0 fully saturated rings. The number of anilines is 1. The van der Waals surface area contributed by atoms with Crippen LogP contribution in [0, 0.1) is 9.49 Å². The van der Waals surface area contributed by atoms with Crippen molar-refractivity contribution in [3.05, 3.63) is 128 Å². The molecule has 0 bridgehead atoms. The first-order valence-electron chi connectivity index (χ1n) is 13.6. The summed E-state index contributed by atoms with van der Waals surface area (Å²) in [6, 6.07) is 29.3. The molecule has 1 aliphatic heterocycles. The summed E-state index contributed by atoms with van der Waals surface area (Å²) in [6.07, 6.45) is 7.68. The van der Waals surface area contributed by atoms with Gasteiger partial charge in [0.25, 0.3) is 0 Å². The molecule has 4 aromatic carbocycles. The first kappa shape index (κ1) is 26.9. The second-order valence-electron chi connectivity index (χ2n) is 10.1. The molecule has 6 rings (SSSR count). The third kappa shape index (κ3) is 5.63. The van der Waals surface area contributed by atoms with Gasteiger partial charge in [-0.3, -0.25) is 4.99 Å². The van der Waals surface area contributed by atoms with Crippen LogP contribution in [0.1, 0.15) is 47.6 Å². The maximum absolute atomic E-state index is 6.32. The minimum Gasteiger partial charge on any atom is -0.490 e. The van der Waals surface area contributed by atoms with Crippen LogP contribution in [0.25, 0.3) is 0 Å². The van der Waals surface area contributed by atoms with Crippen LogP contribution in [0.3, 0.4) is 0 Å². The normalized spacial score (nSPS) is 19.2. The quantitative estimate of drug-likeness (QED) is 0.116. The van der Waals surface area contributed by atoms with Crippen molar-refractivity contribution in [2.24, 2.45) is 10.9 Å². The molecule has 6 heteroatoms. The van der Waals surface area contributed by atoms with E-state index in [-0.39, 0.29) is 6.04 Å². The average molecular weight is 661 g/mol. The van der Waals surface area contributed by atoms with Gasteiger partial charge in [-0.05, 0) is 94.9 Å². The van der Waals surface area contributed by atoms with Gasteiger partial charge in [0, 0.05) is 28.4 Å². The number of aliphatic imine (C=N–C) groups is 1. The maximum Gasteiger partial charge on any atom is 0.175 e. The molecular weight excluding hydrogens is 631 g/mol. The van der Waals surface area contributed by atoms with Crippen LogP contribution >= 0.6 is 34.2 Å². The van der Waals surface area contributed by atoms with Crippen LogP contribution in [-0.4, -0.2) is 12.8 Å². The summed E-state index contributed by atoms with van der Waals surface area (Å²) in [5, 5.41) is 4.49. The fourth-order valence-electron chi connectivity index (χ4n) is 5.62. The van der Waals surface area contributed by atoms with E-state index in [1.165, 1.54) is 16.8 Å². The van der Waals surface area contributed by atoms with E-state index >= 15 is 0 Å². The standard InChI is InChI=1S/C34H30ClIN2O2/c1-2-39-32-19-22(18-30(36)34(32)40-21-24-8-3-5-12-29(24)35)20-37-25-16-14-23(15-17-25)33-28-11-7-10-26(28)27-9-4-6-13-31(27)38-33/h3-10,12-20,26,28,33,38H,2,11,21H2,1H3/t26-,28+,33+/m1/s1. The number of nitrogens with one attached hydrogen (secondary N) is 1.